The molecule has 0 saturated heterocycles. The normalized spacial score (nSPS) is 10.3. The monoisotopic (exact) mass is 184 g/mol. The van der Waals surface area contributed by atoms with Crippen LogP contribution in [0, 0.1) is 0 Å². The number of aromatic amines is 1. The molecule has 0 aliphatic rings. The number of hydrogen-bond donors (Lipinski definition) is 1. The van der Waals surface area contributed by atoms with E-state index in [0.717, 1.165) is 4.57 Å². The molecule has 0 unspecified atom stereocenters. The Labute approximate surface area is 75.0 Å². The van der Waals surface area contributed by atoms with Crippen LogP contribution in [0.25, 0.3) is 0 Å². The minimum atomic E-state index is -0.415. The molecule has 1 aromatic rings. The summed E-state index contributed by atoms with van der Waals surface area (Å²) in [6.45, 7) is 2.66. The maximum Gasteiger partial charge on any atom is 0.328 e. The van der Waals surface area contributed by atoms with Crippen molar-refractivity contribution < 1.29 is 4.74 Å². The number of nitrogens with one attached hydrogen (secondary N) is 1. The molecule has 5 nitrogen and oxygen atoms in total. The van der Waals surface area contributed by atoms with Gasteiger partial charge in [-0.25, -0.2) is 4.79 Å². The molecule has 0 fully saturated rings. The van der Waals surface area contributed by atoms with Crippen LogP contribution in [0.3, 0.4) is 0 Å². The van der Waals surface area contributed by atoms with E-state index in [1.807, 2.05) is 6.92 Å². The van der Waals surface area contributed by atoms with E-state index in [-0.39, 0.29) is 12.2 Å². The molecule has 0 bridgehead atoms. The molecule has 0 radical (unpaired) electrons. The van der Waals surface area contributed by atoms with E-state index in [1.54, 1.807) is 0 Å². The van der Waals surface area contributed by atoms with Crippen LogP contribution >= 0.6 is 0 Å². The summed E-state index contributed by atoms with van der Waals surface area (Å²) in [6, 6.07) is 1.36. The summed E-state index contributed by atoms with van der Waals surface area (Å²) in [5.74, 6) is 0. The van der Waals surface area contributed by atoms with Crippen molar-refractivity contribution in [3.63, 3.8) is 0 Å². The number of aromatic nitrogens is 2. The summed E-state index contributed by atoms with van der Waals surface area (Å²) in [4.78, 5) is 24.7. The van der Waals surface area contributed by atoms with Gasteiger partial charge in [0.25, 0.3) is 5.56 Å². The van der Waals surface area contributed by atoms with Gasteiger partial charge in [-0.05, 0) is 6.92 Å². The number of ether oxygens (including phenoxy) is 1. The minimum absolute atomic E-state index is 0.266. The fourth-order valence-corrected chi connectivity index (χ4v) is 0.893. The van der Waals surface area contributed by atoms with Gasteiger partial charge in [0.2, 0.25) is 0 Å². The summed E-state index contributed by atoms with van der Waals surface area (Å²) >= 11 is 0. The van der Waals surface area contributed by atoms with Crippen LogP contribution in [-0.2, 0) is 18.4 Å². The highest BCUT2D eigenvalue weighted by atomic mass is 16.5. The van der Waals surface area contributed by atoms with E-state index in [4.69, 9.17) is 4.74 Å². The summed E-state index contributed by atoms with van der Waals surface area (Å²) in [5.41, 5.74) is -0.226. The lowest BCUT2D eigenvalue weighted by atomic mass is 10.4. The molecule has 0 spiro atoms. The van der Waals surface area contributed by atoms with E-state index in [0.29, 0.717) is 12.3 Å². The molecule has 0 aromatic carbocycles. The third-order valence-electron chi connectivity index (χ3n) is 1.66. The molecule has 72 valence electrons. The van der Waals surface area contributed by atoms with Crippen molar-refractivity contribution in [3.8, 4) is 0 Å². The Hall–Kier alpha value is -1.36. The first-order valence-corrected chi connectivity index (χ1v) is 4.02. The van der Waals surface area contributed by atoms with E-state index >= 15 is 0 Å². The van der Waals surface area contributed by atoms with Crippen LogP contribution in [0.2, 0.25) is 0 Å². The quantitative estimate of drug-likeness (QED) is 0.695. The lowest BCUT2D eigenvalue weighted by molar-refractivity contribution is 0.131. The van der Waals surface area contributed by atoms with E-state index in [2.05, 4.69) is 4.98 Å². The van der Waals surface area contributed by atoms with Gasteiger partial charge >= 0.3 is 5.69 Å². The fraction of sp³-hybridized carbons (Fsp3) is 0.500. The lowest BCUT2D eigenvalue weighted by Crippen LogP contribution is -2.33. The van der Waals surface area contributed by atoms with Crippen molar-refractivity contribution in [1.29, 1.82) is 0 Å². The van der Waals surface area contributed by atoms with E-state index in [1.165, 1.54) is 13.1 Å². The summed E-state index contributed by atoms with van der Waals surface area (Å²) in [5, 5.41) is 0. The second-order valence-corrected chi connectivity index (χ2v) is 2.63. The summed E-state index contributed by atoms with van der Waals surface area (Å²) < 4.78 is 6.06. The van der Waals surface area contributed by atoms with Gasteiger partial charge in [-0.1, -0.05) is 0 Å². The molecular formula is C8H12N2O3. The standard InChI is InChI=1S/C8H12N2O3/c1-3-13-5-6-4-7(11)10(2)8(12)9-6/h4H,3,5H2,1-2H3,(H,9,12). The minimum Gasteiger partial charge on any atom is -0.376 e. The van der Waals surface area contributed by atoms with Crippen LogP contribution < -0.4 is 11.2 Å². The molecule has 0 aliphatic heterocycles. The first-order chi connectivity index (χ1) is 6.15. The first kappa shape index (κ1) is 9.73. The fourth-order valence-electron chi connectivity index (χ4n) is 0.893. The largest absolute Gasteiger partial charge is 0.376 e. The third kappa shape index (κ3) is 2.29. The lowest BCUT2D eigenvalue weighted by Gasteiger charge is -2.01. The van der Waals surface area contributed by atoms with E-state index < -0.39 is 5.69 Å². The average Bonchev–Trinajstić information content (AvgIpc) is 2.10. The molecule has 1 aromatic heterocycles. The number of H-pyrrole nitrogens is 1. The zero-order valence-corrected chi connectivity index (χ0v) is 7.66. The topological polar surface area (TPSA) is 64.1 Å². The predicted molar refractivity (Wildman–Crippen MR) is 47.6 cm³/mol. The summed E-state index contributed by atoms with van der Waals surface area (Å²) in [7, 11) is 1.42. The SMILES string of the molecule is CCOCc1cc(=O)n(C)c(=O)[nH]1. The van der Waals surface area contributed by atoms with Gasteiger partial charge < -0.3 is 9.72 Å². The number of rotatable bonds is 3. The molecule has 1 rings (SSSR count). The first-order valence-electron chi connectivity index (χ1n) is 4.02. The molecule has 5 heteroatoms. The van der Waals surface area contributed by atoms with Crippen LogP contribution in [-0.4, -0.2) is 16.2 Å². The van der Waals surface area contributed by atoms with Gasteiger partial charge in [0.15, 0.2) is 0 Å². The maximum absolute atomic E-state index is 11.1. The predicted octanol–water partition coefficient (Wildman–Crippen LogP) is -0.390. The van der Waals surface area contributed by atoms with Crippen molar-refractivity contribution in [3.05, 3.63) is 32.6 Å². The van der Waals surface area contributed by atoms with Crippen molar-refractivity contribution in [2.45, 2.75) is 13.5 Å². The van der Waals surface area contributed by atoms with E-state index in [9.17, 15) is 9.59 Å². The Kier molecular flexibility index (Phi) is 3.02. The molecular weight excluding hydrogens is 172 g/mol. The number of hydrogen-bond acceptors (Lipinski definition) is 3. The van der Waals surface area contributed by atoms with Crippen LogP contribution in [0.1, 0.15) is 12.6 Å². The molecule has 0 saturated carbocycles. The van der Waals surface area contributed by atoms with Crippen molar-refractivity contribution in [2.75, 3.05) is 6.61 Å². The molecule has 13 heavy (non-hydrogen) atoms. The Balaban J connectivity index is 3.00. The zero-order valence-electron chi connectivity index (χ0n) is 7.66. The highest BCUT2D eigenvalue weighted by molar-refractivity contribution is 4.97. The van der Waals surface area contributed by atoms with Crippen LogP contribution in [0.15, 0.2) is 15.7 Å². The van der Waals surface area contributed by atoms with Gasteiger partial charge in [-0.15, -0.1) is 0 Å². The van der Waals surface area contributed by atoms with Gasteiger partial charge in [-0.3, -0.25) is 9.36 Å². The molecule has 1 N–H and O–H groups in total. The van der Waals surface area contributed by atoms with Gasteiger partial charge in [0, 0.05) is 19.7 Å². The van der Waals surface area contributed by atoms with Crippen LogP contribution in [0.4, 0.5) is 0 Å². The second-order valence-electron chi connectivity index (χ2n) is 2.63. The highest BCUT2D eigenvalue weighted by Crippen LogP contribution is 1.89. The Morgan fingerprint density at radius 1 is 1.54 bits per heavy atom. The second kappa shape index (κ2) is 4.04. The highest BCUT2D eigenvalue weighted by Gasteiger charge is 1.99. The maximum atomic E-state index is 11.1. The van der Waals surface area contributed by atoms with Crippen molar-refractivity contribution in [1.82, 2.24) is 9.55 Å². The molecule has 0 atom stereocenters. The van der Waals surface area contributed by atoms with Crippen LogP contribution in [0.5, 0.6) is 0 Å². The zero-order chi connectivity index (χ0) is 9.84. The molecule has 0 amide bonds. The average molecular weight is 184 g/mol. The van der Waals surface area contributed by atoms with Crippen molar-refractivity contribution >= 4 is 0 Å². The third-order valence-corrected chi connectivity index (χ3v) is 1.66. The molecule has 0 aliphatic carbocycles. The number of nitrogens with zero attached hydrogens (tertiary/aromatic N) is 1. The Bertz CT molecular complexity index is 360. The summed E-state index contributed by atoms with van der Waals surface area (Å²) in [6.07, 6.45) is 0. The molecule has 1 heterocycles. The van der Waals surface area contributed by atoms with Gasteiger partial charge in [0.1, 0.15) is 0 Å². The van der Waals surface area contributed by atoms with Gasteiger partial charge in [-0.2, -0.15) is 0 Å². The Morgan fingerprint density at radius 2 is 2.23 bits per heavy atom. The Morgan fingerprint density at radius 3 is 2.77 bits per heavy atom. The van der Waals surface area contributed by atoms with Gasteiger partial charge in [0.05, 0.1) is 12.3 Å². The van der Waals surface area contributed by atoms with Crippen molar-refractivity contribution in [2.24, 2.45) is 7.05 Å². The smallest absolute Gasteiger partial charge is 0.328 e.